The second-order valence-electron chi connectivity index (χ2n) is 6.09. The van der Waals surface area contributed by atoms with E-state index in [-0.39, 0.29) is 21.8 Å². The highest BCUT2D eigenvalue weighted by Crippen LogP contribution is 2.24. The van der Waals surface area contributed by atoms with Crippen LogP contribution in [-0.4, -0.2) is 26.0 Å². The van der Waals surface area contributed by atoms with E-state index >= 15 is 0 Å². The van der Waals surface area contributed by atoms with E-state index in [0.717, 1.165) is 23.5 Å². The number of esters is 1. The van der Waals surface area contributed by atoms with Crippen LogP contribution in [0.25, 0.3) is 5.69 Å². The monoisotopic (exact) mass is 413 g/mol. The molecule has 0 bridgehead atoms. The molecule has 7 nitrogen and oxygen atoms in total. The van der Waals surface area contributed by atoms with Crippen molar-refractivity contribution in [1.82, 2.24) is 13.9 Å². The average Bonchev–Trinajstić information content (AvgIpc) is 2.79. The van der Waals surface area contributed by atoms with Crippen LogP contribution in [0.3, 0.4) is 0 Å². The van der Waals surface area contributed by atoms with E-state index in [2.05, 4.69) is 15.9 Å². The molecule has 0 saturated heterocycles. The lowest BCUT2D eigenvalue weighted by molar-refractivity contribution is 0.0376. The van der Waals surface area contributed by atoms with Crippen LogP contribution in [0.1, 0.15) is 37.0 Å². The molecule has 2 aromatic rings. The number of halogens is 2. The normalized spacial score (nSPS) is 13.8. The maximum absolute atomic E-state index is 14.5. The molecule has 2 heterocycles. The van der Waals surface area contributed by atoms with Gasteiger partial charge in [0.25, 0.3) is 0 Å². The molecule has 0 radical (unpaired) electrons. The molecule has 9 heteroatoms. The molecular weight excluding hydrogens is 397 g/mol. The molecule has 1 aromatic carbocycles. The molecule has 3 rings (SSSR count). The van der Waals surface area contributed by atoms with Gasteiger partial charge >= 0.3 is 17.3 Å². The van der Waals surface area contributed by atoms with E-state index < -0.39 is 23.2 Å². The van der Waals surface area contributed by atoms with E-state index in [1.54, 1.807) is 13.8 Å². The summed E-state index contributed by atoms with van der Waals surface area (Å²) in [5.74, 6) is -1.45. The Morgan fingerprint density at radius 1 is 1.16 bits per heavy atom. The van der Waals surface area contributed by atoms with Gasteiger partial charge in [-0.3, -0.25) is 0 Å². The fourth-order valence-corrected chi connectivity index (χ4v) is 3.30. The zero-order valence-corrected chi connectivity index (χ0v) is 15.4. The van der Waals surface area contributed by atoms with Crippen LogP contribution >= 0.6 is 15.9 Å². The second kappa shape index (κ2) is 6.62. The van der Waals surface area contributed by atoms with Crippen LogP contribution in [-0.2, 0) is 17.8 Å². The van der Waals surface area contributed by atoms with Crippen molar-refractivity contribution in [3.8, 4) is 5.69 Å². The molecule has 0 saturated carbocycles. The Labute approximate surface area is 150 Å². The fourth-order valence-electron chi connectivity index (χ4n) is 2.82. The second-order valence-corrected chi connectivity index (χ2v) is 6.95. The van der Waals surface area contributed by atoms with Gasteiger partial charge in [0.05, 0.1) is 17.4 Å². The Morgan fingerprint density at radius 2 is 1.72 bits per heavy atom. The molecule has 0 aliphatic carbocycles. The summed E-state index contributed by atoms with van der Waals surface area (Å²) in [6, 6.07) is 2.22. The van der Waals surface area contributed by atoms with Crippen molar-refractivity contribution in [2.24, 2.45) is 0 Å². The van der Waals surface area contributed by atoms with Gasteiger partial charge in [-0.1, -0.05) is 0 Å². The van der Waals surface area contributed by atoms with Crippen LogP contribution in [0.5, 0.6) is 0 Å². The zero-order valence-electron chi connectivity index (χ0n) is 13.8. The van der Waals surface area contributed by atoms with E-state index in [1.807, 2.05) is 0 Å². The van der Waals surface area contributed by atoms with Gasteiger partial charge < -0.3 is 4.74 Å². The van der Waals surface area contributed by atoms with E-state index in [1.165, 1.54) is 15.4 Å². The summed E-state index contributed by atoms with van der Waals surface area (Å²) in [5, 5.41) is 0. The summed E-state index contributed by atoms with van der Waals surface area (Å²) < 4.78 is 23.2. The van der Waals surface area contributed by atoms with Gasteiger partial charge in [0.1, 0.15) is 5.82 Å². The number of benzene rings is 1. The van der Waals surface area contributed by atoms with Crippen molar-refractivity contribution in [2.75, 3.05) is 0 Å². The first-order valence-corrected chi connectivity index (χ1v) is 8.73. The molecule has 0 fully saturated rings. The number of hydrogen-bond acceptors (Lipinski definition) is 4. The van der Waals surface area contributed by atoms with Crippen LogP contribution < -0.4 is 11.4 Å². The highest BCUT2D eigenvalue weighted by atomic mass is 79.9. The molecule has 0 N–H and O–H groups in total. The van der Waals surface area contributed by atoms with E-state index in [4.69, 9.17) is 4.74 Å². The highest BCUT2D eigenvalue weighted by Gasteiger charge is 2.24. The predicted octanol–water partition coefficient (Wildman–Crippen LogP) is 2.06. The summed E-state index contributed by atoms with van der Waals surface area (Å²) in [6.07, 6.45) is 1.19. The Morgan fingerprint density at radius 3 is 2.24 bits per heavy atom. The number of fused-ring (bicyclic) bond motifs is 1. The molecule has 25 heavy (non-hydrogen) atoms. The minimum absolute atomic E-state index is 0.0468. The summed E-state index contributed by atoms with van der Waals surface area (Å²) in [7, 11) is 0. The maximum Gasteiger partial charge on any atom is 0.351 e. The van der Waals surface area contributed by atoms with Crippen molar-refractivity contribution < 1.29 is 13.9 Å². The van der Waals surface area contributed by atoms with Crippen molar-refractivity contribution in [2.45, 2.75) is 45.9 Å². The molecule has 1 aromatic heterocycles. The molecule has 0 atom stereocenters. The zero-order chi connectivity index (χ0) is 18.3. The highest BCUT2D eigenvalue weighted by molar-refractivity contribution is 9.10. The molecule has 134 valence electrons. The third-order valence-electron chi connectivity index (χ3n) is 3.95. The van der Waals surface area contributed by atoms with Gasteiger partial charge in [-0.2, -0.15) is 0 Å². The first kappa shape index (κ1) is 17.7. The van der Waals surface area contributed by atoms with Crippen molar-refractivity contribution >= 4 is 21.9 Å². The summed E-state index contributed by atoms with van der Waals surface area (Å²) >= 11 is 3.12. The summed E-state index contributed by atoms with van der Waals surface area (Å²) in [6.45, 7) is 4.19. The third kappa shape index (κ3) is 3.08. The lowest BCUT2D eigenvalue weighted by Gasteiger charge is -2.13. The van der Waals surface area contributed by atoms with Crippen molar-refractivity contribution in [1.29, 1.82) is 0 Å². The SMILES string of the molecule is CC(C)OC(=O)c1cc(-n2c(=O)n3n(c2=O)CCCC3)c(F)cc1Br. The maximum atomic E-state index is 14.5. The number of hydrogen-bond donors (Lipinski definition) is 0. The van der Waals surface area contributed by atoms with Crippen molar-refractivity contribution in [3.05, 3.63) is 49.0 Å². The summed E-state index contributed by atoms with van der Waals surface area (Å²) in [5.41, 5.74) is -1.45. The number of rotatable bonds is 3. The molecule has 1 aliphatic rings. The van der Waals surface area contributed by atoms with Gasteiger partial charge in [0.15, 0.2) is 0 Å². The summed E-state index contributed by atoms with van der Waals surface area (Å²) in [4.78, 5) is 37.3. The van der Waals surface area contributed by atoms with Gasteiger partial charge in [0.2, 0.25) is 0 Å². The van der Waals surface area contributed by atoms with Crippen molar-refractivity contribution in [3.63, 3.8) is 0 Å². The number of carbonyl (C=O) groups excluding carboxylic acids is 1. The number of nitrogens with zero attached hydrogens (tertiary/aromatic N) is 3. The topological polar surface area (TPSA) is 75.2 Å². The average molecular weight is 414 g/mol. The molecule has 0 spiro atoms. The van der Waals surface area contributed by atoms with Crippen LogP contribution in [0, 0.1) is 5.82 Å². The minimum atomic E-state index is -0.782. The molecule has 1 aliphatic heterocycles. The fraction of sp³-hybridized carbons (Fsp3) is 0.438. The first-order valence-electron chi connectivity index (χ1n) is 7.94. The number of carbonyl (C=O) groups is 1. The smallest absolute Gasteiger partial charge is 0.351 e. The van der Waals surface area contributed by atoms with Crippen LogP contribution in [0.2, 0.25) is 0 Å². The predicted molar refractivity (Wildman–Crippen MR) is 91.7 cm³/mol. The van der Waals surface area contributed by atoms with Gasteiger partial charge in [-0.05, 0) is 54.8 Å². The minimum Gasteiger partial charge on any atom is -0.459 e. The van der Waals surface area contributed by atoms with Crippen LogP contribution in [0.15, 0.2) is 26.2 Å². The Balaban J connectivity index is 2.19. The van der Waals surface area contributed by atoms with Crippen LogP contribution in [0.4, 0.5) is 4.39 Å². The lowest BCUT2D eigenvalue weighted by atomic mass is 10.2. The molecular formula is C16H17BrFN3O4. The van der Waals surface area contributed by atoms with Gasteiger partial charge in [0, 0.05) is 17.6 Å². The van der Waals surface area contributed by atoms with E-state index in [9.17, 15) is 18.8 Å². The third-order valence-corrected chi connectivity index (χ3v) is 4.60. The number of ether oxygens (including phenoxy) is 1. The largest absolute Gasteiger partial charge is 0.459 e. The standard InChI is InChI=1S/C16H17BrFN3O4/c1-9(2)25-14(22)10-7-13(12(18)8-11(10)17)21-15(23)19-5-3-4-6-20(19)16(21)24/h7-9H,3-6H2,1-2H3. The Hall–Kier alpha value is -2.16. The molecule has 0 unspecified atom stereocenters. The Bertz CT molecular complexity index is 920. The quantitative estimate of drug-likeness (QED) is 0.721. The van der Waals surface area contributed by atoms with E-state index in [0.29, 0.717) is 13.1 Å². The molecule has 0 amide bonds. The number of aromatic nitrogens is 3. The van der Waals surface area contributed by atoms with Gasteiger partial charge in [-0.15, -0.1) is 0 Å². The first-order chi connectivity index (χ1) is 11.8. The lowest BCUT2D eigenvalue weighted by Crippen LogP contribution is -2.30. The Kier molecular flexibility index (Phi) is 4.68. The van der Waals surface area contributed by atoms with Gasteiger partial charge in [-0.25, -0.2) is 32.7 Å².